The molecular weight excluding hydrogens is 482 g/mol. The zero-order valence-corrected chi connectivity index (χ0v) is 23.1. The number of fused-ring (bicyclic) bond motifs is 2. The van der Waals surface area contributed by atoms with Crippen molar-refractivity contribution in [2.45, 2.75) is 71.3 Å². The number of pyridine rings is 1. The van der Waals surface area contributed by atoms with Crippen molar-refractivity contribution in [2.24, 2.45) is 11.8 Å². The second-order valence-electron chi connectivity index (χ2n) is 11.1. The molecule has 6 rings (SSSR count). The van der Waals surface area contributed by atoms with Gasteiger partial charge in [-0.2, -0.15) is 4.98 Å². The van der Waals surface area contributed by atoms with Crippen molar-refractivity contribution in [3.63, 3.8) is 0 Å². The molecule has 0 bridgehead atoms. The number of anilines is 3. The minimum Gasteiger partial charge on any atom is -0.423 e. The van der Waals surface area contributed by atoms with Gasteiger partial charge in [-0.25, -0.2) is 4.98 Å². The Balaban J connectivity index is 1.30. The lowest BCUT2D eigenvalue weighted by atomic mass is 9.75. The van der Waals surface area contributed by atoms with Gasteiger partial charge in [0.2, 0.25) is 0 Å². The number of para-hydroxylation sites is 1. The van der Waals surface area contributed by atoms with Crippen LogP contribution < -0.4 is 11.1 Å². The van der Waals surface area contributed by atoms with Gasteiger partial charge in [0.1, 0.15) is 11.3 Å². The van der Waals surface area contributed by atoms with Crippen molar-refractivity contribution in [3.8, 4) is 11.1 Å². The molecule has 3 N–H and O–H groups in total. The van der Waals surface area contributed by atoms with Gasteiger partial charge in [0.05, 0.1) is 5.52 Å². The van der Waals surface area contributed by atoms with Crippen molar-refractivity contribution in [1.29, 1.82) is 0 Å². The highest BCUT2D eigenvalue weighted by Gasteiger charge is 2.29. The topological polar surface area (TPSA) is 81.9 Å². The van der Waals surface area contributed by atoms with E-state index >= 15 is 0 Å². The van der Waals surface area contributed by atoms with Gasteiger partial charge in [-0.3, -0.25) is 0 Å². The molecule has 0 saturated heterocycles. The maximum absolute atomic E-state index is 6.50. The van der Waals surface area contributed by atoms with Crippen LogP contribution in [0.3, 0.4) is 0 Å². The number of nitrogens with one attached hydrogen (secondary N) is 1. The quantitative estimate of drug-likeness (QED) is 0.202. The predicted octanol–water partition coefficient (Wildman–Crippen LogP) is 9.12. The Hall–Kier alpha value is -3.80. The molecule has 1 aliphatic carbocycles. The van der Waals surface area contributed by atoms with E-state index in [9.17, 15) is 0 Å². The molecule has 0 spiro atoms. The van der Waals surface area contributed by atoms with Crippen LogP contribution in [-0.4, -0.2) is 14.5 Å². The van der Waals surface area contributed by atoms with Crippen LogP contribution in [0.25, 0.3) is 33.1 Å². The largest absolute Gasteiger partial charge is 0.423 e. The lowest BCUT2D eigenvalue weighted by molar-refractivity contribution is 0.189. The Bertz CT molecular complexity index is 1540. The average molecular weight is 522 g/mol. The molecule has 5 aromatic rings. The predicted molar refractivity (Wildman–Crippen MR) is 161 cm³/mol. The fourth-order valence-corrected chi connectivity index (χ4v) is 6.75. The summed E-state index contributed by atoms with van der Waals surface area (Å²) in [5.74, 6) is 2.32. The standard InChI is InChI=1S/C33H39N5O/c1-3-8-22(9-4-2)23-12-15-26(16-13-23)38-21-27(31-29(38)18-19-35-32(31)34)24-14-17-28-30(20-24)39-33(37-28)36-25-10-6-5-7-11-25/h5-7,10-11,14,17-23,26H,3-4,8-9,12-13,15-16H2,1-2H3,(H2,34,35)(H,36,37). The molecule has 39 heavy (non-hydrogen) atoms. The summed E-state index contributed by atoms with van der Waals surface area (Å²) in [6.07, 6.45) is 14.5. The number of benzene rings is 2. The van der Waals surface area contributed by atoms with E-state index in [4.69, 9.17) is 10.2 Å². The Kier molecular flexibility index (Phi) is 7.27. The van der Waals surface area contributed by atoms with Gasteiger partial charge in [-0.1, -0.05) is 63.8 Å². The number of oxazole rings is 1. The fraction of sp³-hybridized carbons (Fsp3) is 0.394. The van der Waals surface area contributed by atoms with E-state index in [1.165, 1.54) is 56.9 Å². The molecule has 6 heteroatoms. The molecule has 6 nitrogen and oxygen atoms in total. The number of nitrogen functional groups attached to an aromatic ring is 1. The number of rotatable bonds is 9. The fourth-order valence-electron chi connectivity index (χ4n) is 6.75. The lowest BCUT2D eigenvalue weighted by Crippen LogP contribution is -2.23. The summed E-state index contributed by atoms with van der Waals surface area (Å²) in [6.45, 7) is 4.66. The summed E-state index contributed by atoms with van der Waals surface area (Å²) in [6, 6.07) is 19.2. The first-order valence-corrected chi connectivity index (χ1v) is 14.6. The van der Waals surface area contributed by atoms with E-state index in [0.717, 1.165) is 45.1 Å². The van der Waals surface area contributed by atoms with E-state index < -0.39 is 0 Å². The van der Waals surface area contributed by atoms with E-state index in [-0.39, 0.29) is 0 Å². The van der Waals surface area contributed by atoms with Crippen LogP contribution >= 0.6 is 0 Å². The van der Waals surface area contributed by atoms with Crippen molar-refractivity contribution < 1.29 is 4.42 Å². The van der Waals surface area contributed by atoms with E-state index in [1.807, 2.05) is 42.6 Å². The maximum atomic E-state index is 6.50. The summed E-state index contributed by atoms with van der Waals surface area (Å²) in [5.41, 5.74) is 12.3. The van der Waals surface area contributed by atoms with E-state index in [0.29, 0.717) is 17.9 Å². The number of nitrogens with zero attached hydrogens (tertiary/aromatic N) is 3. The Morgan fingerprint density at radius 2 is 1.77 bits per heavy atom. The summed E-state index contributed by atoms with van der Waals surface area (Å²) in [5, 5.41) is 4.28. The monoisotopic (exact) mass is 521 g/mol. The van der Waals surface area contributed by atoms with Gasteiger partial charge in [0.15, 0.2) is 5.58 Å². The first-order valence-electron chi connectivity index (χ1n) is 14.6. The summed E-state index contributed by atoms with van der Waals surface area (Å²) in [4.78, 5) is 9.09. The van der Waals surface area contributed by atoms with Gasteiger partial charge in [0, 0.05) is 35.1 Å². The molecule has 2 aromatic carbocycles. The molecule has 1 fully saturated rings. The molecule has 0 atom stereocenters. The van der Waals surface area contributed by atoms with E-state index in [2.05, 4.69) is 58.1 Å². The van der Waals surface area contributed by atoms with Crippen molar-refractivity contribution in [1.82, 2.24) is 14.5 Å². The third-order valence-electron chi connectivity index (χ3n) is 8.62. The highest BCUT2D eigenvalue weighted by atomic mass is 16.4. The van der Waals surface area contributed by atoms with Crippen LogP contribution in [-0.2, 0) is 0 Å². The Morgan fingerprint density at radius 1 is 1.00 bits per heavy atom. The second kappa shape index (κ2) is 11.1. The molecule has 0 amide bonds. The van der Waals surface area contributed by atoms with Gasteiger partial charge < -0.3 is 20.0 Å². The minimum atomic E-state index is 0.484. The molecule has 0 radical (unpaired) electrons. The first kappa shape index (κ1) is 25.5. The third-order valence-corrected chi connectivity index (χ3v) is 8.62. The van der Waals surface area contributed by atoms with Gasteiger partial charge in [-0.15, -0.1) is 0 Å². The number of nitrogens with two attached hydrogens (primary N) is 1. The molecular formula is C33H39N5O. The molecule has 3 aromatic heterocycles. The molecule has 0 aliphatic heterocycles. The number of hydrogen-bond donors (Lipinski definition) is 2. The zero-order chi connectivity index (χ0) is 26.8. The van der Waals surface area contributed by atoms with Gasteiger partial charge >= 0.3 is 0 Å². The van der Waals surface area contributed by atoms with E-state index in [1.54, 1.807) is 0 Å². The van der Waals surface area contributed by atoms with Crippen LogP contribution in [0.4, 0.5) is 17.5 Å². The van der Waals surface area contributed by atoms with Gasteiger partial charge in [-0.05, 0) is 73.4 Å². The molecule has 0 unspecified atom stereocenters. The first-order chi connectivity index (χ1) is 19.1. The summed E-state index contributed by atoms with van der Waals surface area (Å²) in [7, 11) is 0. The zero-order valence-electron chi connectivity index (χ0n) is 23.1. The van der Waals surface area contributed by atoms with Crippen LogP contribution in [0.1, 0.15) is 71.3 Å². The van der Waals surface area contributed by atoms with Crippen molar-refractivity contribution in [3.05, 3.63) is 67.0 Å². The second-order valence-corrected chi connectivity index (χ2v) is 11.1. The number of hydrogen-bond acceptors (Lipinski definition) is 5. The highest BCUT2D eigenvalue weighted by Crippen LogP contribution is 2.43. The number of aromatic nitrogens is 3. The highest BCUT2D eigenvalue weighted by molar-refractivity contribution is 6.03. The van der Waals surface area contributed by atoms with Crippen LogP contribution in [0.5, 0.6) is 0 Å². The van der Waals surface area contributed by atoms with Crippen LogP contribution in [0.15, 0.2) is 71.4 Å². The molecule has 1 aliphatic rings. The summed E-state index contributed by atoms with van der Waals surface area (Å²) >= 11 is 0. The minimum absolute atomic E-state index is 0.484. The SMILES string of the molecule is CCCC(CCC)C1CCC(n2cc(-c3ccc4nc(Nc5ccccc5)oc4c3)c3c(N)nccc32)CC1. The summed E-state index contributed by atoms with van der Waals surface area (Å²) < 4.78 is 8.57. The van der Waals surface area contributed by atoms with Gasteiger partial charge in [0.25, 0.3) is 6.01 Å². The molecule has 3 heterocycles. The van der Waals surface area contributed by atoms with Crippen molar-refractivity contribution in [2.75, 3.05) is 11.1 Å². The van der Waals surface area contributed by atoms with Crippen LogP contribution in [0.2, 0.25) is 0 Å². The third kappa shape index (κ3) is 5.12. The normalized spacial score (nSPS) is 17.8. The maximum Gasteiger partial charge on any atom is 0.300 e. The van der Waals surface area contributed by atoms with Crippen LogP contribution in [0, 0.1) is 11.8 Å². The van der Waals surface area contributed by atoms with Crippen molar-refractivity contribution >= 4 is 39.5 Å². The average Bonchev–Trinajstić information content (AvgIpc) is 3.55. The molecule has 202 valence electrons. The lowest BCUT2D eigenvalue weighted by Gasteiger charge is -2.35. The Morgan fingerprint density at radius 3 is 2.51 bits per heavy atom. The Labute approximate surface area is 230 Å². The molecule has 1 saturated carbocycles. The smallest absolute Gasteiger partial charge is 0.300 e.